The maximum atomic E-state index is 8.95. The number of aromatic nitrogens is 1. The van der Waals surface area contributed by atoms with Crippen molar-refractivity contribution < 1.29 is 9.84 Å². The van der Waals surface area contributed by atoms with Crippen molar-refractivity contribution in [2.45, 2.75) is 12.5 Å². The number of aliphatic hydroxyl groups is 1. The smallest absolute Gasteiger partial charge is 0.119 e. The van der Waals surface area contributed by atoms with Crippen LogP contribution >= 0.6 is 0 Å². The molecule has 1 heterocycles. The van der Waals surface area contributed by atoms with Crippen LogP contribution in [0.1, 0.15) is 5.56 Å². The number of hydrogen-bond donors (Lipinski definition) is 3. The number of methoxy groups -OCH3 is 1. The summed E-state index contributed by atoms with van der Waals surface area (Å²) in [5, 5.41) is 10.0. The topological polar surface area (TPSA) is 71.3 Å². The number of aliphatic hydroxyl groups excluding tert-OH is 1. The molecule has 0 aliphatic rings. The van der Waals surface area contributed by atoms with Crippen LogP contribution in [0.3, 0.4) is 0 Å². The second-order valence-electron chi connectivity index (χ2n) is 3.87. The molecule has 0 unspecified atom stereocenters. The summed E-state index contributed by atoms with van der Waals surface area (Å²) in [6.07, 6.45) is 2.59. The van der Waals surface area contributed by atoms with Crippen molar-refractivity contribution in [1.82, 2.24) is 4.98 Å². The van der Waals surface area contributed by atoms with Crippen molar-refractivity contribution in [1.29, 1.82) is 0 Å². The van der Waals surface area contributed by atoms with E-state index in [1.165, 1.54) is 0 Å². The third kappa shape index (κ3) is 2.03. The molecule has 0 amide bonds. The van der Waals surface area contributed by atoms with Crippen LogP contribution in [0.5, 0.6) is 5.75 Å². The van der Waals surface area contributed by atoms with E-state index in [9.17, 15) is 0 Å². The molecular weight excluding hydrogens is 204 g/mol. The number of rotatable bonds is 4. The number of ether oxygens (including phenoxy) is 1. The summed E-state index contributed by atoms with van der Waals surface area (Å²) in [4.78, 5) is 3.18. The monoisotopic (exact) mass is 220 g/mol. The van der Waals surface area contributed by atoms with E-state index in [0.29, 0.717) is 6.42 Å². The lowest BCUT2D eigenvalue weighted by Gasteiger charge is -2.07. The summed E-state index contributed by atoms with van der Waals surface area (Å²) in [5.74, 6) is 0.825. The van der Waals surface area contributed by atoms with Gasteiger partial charge in [0, 0.05) is 23.1 Å². The molecule has 4 nitrogen and oxygen atoms in total. The number of nitrogens with two attached hydrogens (primary N) is 1. The lowest BCUT2D eigenvalue weighted by molar-refractivity contribution is 0.265. The normalized spacial score (nSPS) is 12.9. The van der Waals surface area contributed by atoms with Crippen LogP contribution in [-0.2, 0) is 6.42 Å². The summed E-state index contributed by atoms with van der Waals surface area (Å²) in [6.45, 7) is -0.00333. The Morgan fingerprint density at radius 1 is 1.50 bits per heavy atom. The van der Waals surface area contributed by atoms with Crippen molar-refractivity contribution in [2.75, 3.05) is 13.7 Å². The molecule has 0 spiro atoms. The van der Waals surface area contributed by atoms with E-state index in [4.69, 9.17) is 15.6 Å². The van der Waals surface area contributed by atoms with Gasteiger partial charge in [-0.3, -0.25) is 0 Å². The van der Waals surface area contributed by atoms with Crippen LogP contribution in [0, 0.1) is 0 Å². The zero-order valence-corrected chi connectivity index (χ0v) is 9.23. The van der Waals surface area contributed by atoms with Gasteiger partial charge in [-0.2, -0.15) is 0 Å². The van der Waals surface area contributed by atoms with Gasteiger partial charge in [-0.05, 0) is 30.2 Å². The minimum atomic E-state index is -0.217. The van der Waals surface area contributed by atoms with Crippen molar-refractivity contribution in [3.63, 3.8) is 0 Å². The van der Waals surface area contributed by atoms with Gasteiger partial charge >= 0.3 is 0 Å². The molecular formula is C12H16N2O2. The molecule has 1 aromatic heterocycles. The highest BCUT2D eigenvalue weighted by molar-refractivity contribution is 5.84. The molecule has 1 aromatic carbocycles. The number of nitrogens with one attached hydrogen (secondary N) is 1. The number of aromatic amines is 1. The molecule has 0 saturated carbocycles. The lowest BCUT2D eigenvalue weighted by Crippen LogP contribution is -2.26. The minimum absolute atomic E-state index is 0.00333. The molecule has 0 fully saturated rings. The third-order valence-corrected chi connectivity index (χ3v) is 2.69. The fourth-order valence-corrected chi connectivity index (χ4v) is 1.80. The first kappa shape index (κ1) is 11.0. The number of H-pyrrole nitrogens is 1. The predicted octanol–water partition coefficient (Wildman–Crippen LogP) is 1.04. The Labute approximate surface area is 94.0 Å². The van der Waals surface area contributed by atoms with E-state index >= 15 is 0 Å². The van der Waals surface area contributed by atoms with Crippen LogP contribution in [0.4, 0.5) is 0 Å². The molecule has 0 aliphatic carbocycles. The molecule has 4 heteroatoms. The Bertz CT molecular complexity index is 479. The molecule has 16 heavy (non-hydrogen) atoms. The quantitative estimate of drug-likeness (QED) is 0.721. The van der Waals surface area contributed by atoms with E-state index in [1.807, 2.05) is 24.4 Å². The highest BCUT2D eigenvalue weighted by Gasteiger charge is 2.08. The number of fused-ring (bicyclic) bond motifs is 1. The van der Waals surface area contributed by atoms with E-state index in [-0.39, 0.29) is 12.6 Å². The highest BCUT2D eigenvalue weighted by atomic mass is 16.5. The molecule has 1 atom stereocenters. The average molecular weight is 220 g/mol. The average Bonchev–Trinajstić information content (AvgIpc) is 2.71. The largest absolute Gasteiger partial charge is 0.497 e. The Balaban J connectivity index is 2.38. The second kappa shape index (κ2) is 4.55. The van der Waals surface area contributed by atoms with Gasteiger partial charge in [-0.15, -0.1) is 0 Å². The third-order valence-electron chi connectivity index (χ3n) is 2.69. The van der Waals surface area contributed by atoms with Crippen LogP contribution < -0.4 is 10.5 Å². The van der Waals surface area contributed by atoms with E-state index in [2.05, 4.69) is 4.98 Å². The fraction of sp³-hybridized carbons (Fsp3) is 0.333. The van der Waals surface area contributed by atoms with Crippen LogP contribution in [0.2, 0.25) is 0 Å². The van der Waals surface area contributed by atoms with Gasteiger partial charge in [0.15, 0.2) is 0 Å². The van der Waals surface area contributed by atoms with Gasteiger partial charge in [0.2, 0.25) is 0 Å². The maximum absolute atomic E-state index is 8.95. The van der Waals surface area contributed by atoms with Crippen molar-refractivity contribution in [2.24, 2.45) is 5.73 Å². The Morgan fingerprint density at radius 3 is 3.00 bits per heavy atom. The summed E-state index contributed by atoms with van der Waals surface area (Å²) in [5.41, 5.74) is 7.89. The molecule has 86 valence electrons. The zero-order chi connectivity index (χ0) is 11.5. The van der Waals surface area contributed by atoms with Gasteiger partial charge in [-0.25, -0.2) is 0 Å². The first-order valence-electron chi connectivity index (χ1n) is 5.25. The molecule has 0 aliphatic heterocycles. The molecule has 0 bridgehead atoms. The summed E-state index contributed by atoms with van der Waals surface area (Å²) < 4.78 is 5.18. The first-order valence-corrected chi connectivity index (χ1v) is 5.25. The lowest BCUT2D eigenvalue weighted by atomic mass is 10.1. The van der Waals surface area contributed by atoms with Gasteiger partial charge < -0.3 is 20.6 Å². The van der Waals surface area contributed by atoms with Crippen molar-refractivity contribution >= 4 is 10.9 Å². The standard InChI is InChI=1S/C12H16N2O2/c1-16-10-2-3-12-11(5-10)8(6-14-12)4-9(13)7-15/h2-3,5-6,9,14-15H,4,7,13H2,1H3/t9-/m1/s1. The molecule has 0 saturated heterocycles. The summed E-state index contributed by atoms with van der Waals surface area (Å²) >= 11 is 0. The van der Waals surface area contributed by atoms with Crippen LogP contribution in [0.15, 0.2) is 24.4 Å². The maximum Gasteiger partial charge on any atom is 0.119 e. The van der Waals surface area contributed by atoms with Crippen LogP contribution in [0.25, 0.3) is 10.9 Å². The van der Waals surface area contributed by atoms with E-state index in [0.717, 1.165) is 22.2 Å². The summed E-state index contributed by atoms with van der Waals surface area (Å²) in [6, 6.07) is 5.65. The second-order valence-corrected chi connectivity index (χ2v) is 3.87. The zero-order valence-electron chi connectivity index (χ0n) is 9.23. The van der Waals surface area contributed by atoms with Crippen LogP contribution in [-0.4, -0.2) is 29.8 Å². The first-order chi connectivity index (χ1) is 7.74. The van der Waals surface area contributed by atoms with E-state index < -0.39 is 0 Å². The highest BCUT2D eigenvalue weighted by Crippen LogP contribution is 2.24. The van der Waals surface area contributed by atoms with Gasteiger partial charge in [0.05, 0.1) is 13.7 Å². The molecule has 4 N–H and O–H groups in total. The van der Waals surface area contributed by atoms with Gasteiger partial charge in [-0.1, -0.05) is 0 Å². The molecule has 0 radical (unpaired) electrons. The van der Waals surface area contributed by atoms with Crippen molar-refractivity contribution in [3.05, 3.63) is 30.0 Å². The van der Waals surface area contributed by atoms with Gasteiger partial charge in [0.25, 0.3) is 0 Å². The van der Waals surface area contributed by atoms with E-state index in [1.54, 1.807) is 7.11 Å². The number of hydrogen-bond acceptors (Lipinski definition) is 3. The molecule has 2 aromatic rings. The Morgan fingerprint density at radius 2 is 2.31 bits per heavy atom. The predicted molar refractivity (Wildman–Crippen MR) is 63.6 cm³/mol. The minimum Gasteiger partial charge on any atom is -0.497 e. The Kier molecular flexibility index (Phi) is 3.12. The molecule has 2 rings (SSSR count). The summed E-state index contributed by atoms with van der Waals surface area (Å²) in [7, 11) is 1.65. The SMILES string of the molecule is COc1ccc2[nH]cc(C[C@@H](N)CO)c2c1. The Hall–Kier alpha value is -1.52. The number of benzene rings is 1. The van der Waals surface area contributed by atoms with Gasteiger partial charge in [0.1, 0.15) is 5.75 Å². The van der Waals surface area contributed by atoms with Crippen molar-refractivity contribution in [3.8, 4) is 5.75 Å². The fourth-order valence-electron chi connectivity index (χ4n) is 1.80.